The predicted octanol–water partition coefficient (Wildman–Crippen LogP) is 1.63. The number of ether oxygens (including phenoxy) is 3. The molecule has 2 aliphatic carbocycles. The summed E-state index contributed by atoms with van der Waals surface area (Å²) < 4.78 is 44.1. The number of aliphatic carboxylic acids is 1. The Morgan fingerprint density at radius 1 is 1.18 bits per heavy atom. The topological polar surface area (TPSA) is 220 Å². The minimum absolute atomic E-state index is 0.0695. The molecule has 0 bridgehead atoms. The molecule has 1 aromatic heterocycles. The quantitative estimate of drug-likeness (QED) is 0.218. The van der Waals surface area contributed by atoms with Gasteiger partial charge in [-0.1, -0.05) is 6.08 Å². The summed E-state index contributed by atoms with van der Waals surface area (Å²) in [6, 6.07) is 4.03. The van der Waals surface area contributed by atoms with Gasteiger partial charge in [-0.3, -0.25) is 23.9 Å². The monoisotopic (exact) mass is 715 g/mol. The summed E-state index contributed by atoms with van der Waals surface area (Å²) in [7, 11) is -2.41. The van der Waals surface area contributed by atoms with Crippen molar-refractivity contribution in [1.82, 2.24) is 25.2 Å². The smallest absolute Gasteiger partial charge is 0.408 e. The van der Waals surface area contributed by atoms with E-state index in [1.54, 1.807) is 45.0 Å². The average molecular weight is 716 g/mol. The van der Waals surface area contributed by atoms with Crippen molar-refractivity contribution in [3.05, 3.63) is 43.1 Å². The maximum absolute atomic E-state index is 14.0. The first-order valence-corrected chi connectivity index (χ1v) is 17.6. The second-order valence-corrected chi connectivity index (χ2v) is 15.6. The van der Waals surface area contributed by atoms with Crippen LogP contribution in [-0.4, -0.2) is 101 Å². The molecule has 1 aliphatic heterocycles. The van der Waals surface area contributed by atoms with Crippen molar-refractivity contribution in [3.63, 3.8) is 0 Å². The van der Waals surface area contributed by atoms with E-state index in [-0.39, 0.29) is 25.3 Å². The van der Waals surface area contributed by atoms with Crippen molar-refractivity contribution >= 4 is 50.6 Å². The molecule has 4 N–H and O–H groups in total. The van der Waals surface area contributed by atoms with E-state index < -0.39 is 86.7 Å². The zero-order valence-corrected chi connectivity index (χ0v) is 28.9. The van der Waals surface area contributed by atoms with E-state index in [9.17, 15) is 37.5 Å². The number of sulfonamides is 1. The van der Waals surface area contributed by atoms with Crippen molar-refractivity contribution in [2.75, 3.05) is 13.7 Å². The van der Waals surface area contributed by atoms with Gasteiger partial charge in [0.25, 0.3) is 5.91 Å². The number of carboxylic acids is 1. The van der Waals surface area contributed by atoms with Gasteiger partial charge in [-0.15, -0.1) is 6.58 Å². The zero-order chi connectivity index (χ0) is 36.6. The van der Waals surface area contributed by atoms with Crippen molar-refractivity contribution in [2.24, 2.45) is 5.92 Å². The highest BCUT2D eigenvalue weighted by atomic mass is 32.2. The number of carboxylic acid groups (broad SMARTS) is 1. The predicted molar refractivity (Wildman–Crippen MR) is 178 cm³/mol. The summed E-state index contributed by atoms with van der Waals surface area (Å²) in [5.74, 6) is -3.83. The second kappa shape index (κ2) is 13.8. The third-order valence-electron chi connectivity index (χ3n) is 8.68. The number of carbonyl (C=O) groups is 5. The van der Waals surface area contributed by atoms with Gasteiger partial charge < -0.3 is 34.9 Å². The molecule has 1 saturated heterocycles. The Hall–Kier alpha value is -4.93. The molecule has 17 heteroatoms. The average Bonchev–Trinajstić information content (AvgIpc) is 3.96. The van der Waals surface area contributed by atoms with Gasteiger partial charge in [-0.25, -0.2) is 18.2 Å². The van der Waals surface area contributed by atoms with Gasteiger partial charge in [-0.05, 0) is 69.7 Å². The highest BCUT2D eigenvalue weighted by Gasteiger charge is 2.62. The van der Waals surface area contributed by atoms with Crippen LogP contribution in [0, 0.1) is 5.92 Å². The molecule has 270 valence electrons. The number of aromatic nitrogens is 1. The number of hydrogen-bond donors (Lipinski definition) is 4. The Morgan fingerprint density at radius 3 is 2.50 bits per heavy atom. The summed E-state index contributed by atoms with van der Waals surface area (Å²) in [6.07, 6.45) is 1.02. The number of nitrogens with zero attached hydrogens (tertiary/aromatic N) is 2. The lowest BCUT2D eigenvalue weighted by Crippen LogP contribution is -2.58. The summed E-state index contributed by atoms with van der Waals surface area (Å²) in [6.45, 7) is 8.26. The number of alkyl carbamates (subject to hydrolysis) is 1. The van der Waals surface area contributed by atoms with Gasteiger partial charge in [0.2, 0.25) is 27.7 Å². The maximum atomic E-state index is 14.0. The molecule has 2 aromatic rings. The lowest BCUT2D eigenvalue weighted by molar-refractivity contribution is -0.145. The Bertz CT molecular complexity index is 1820. The molecule has 5 rings (SSSR count). The molecule has 5 unspecified atom stereocenters. The lowest BCUT2D eigenvalue weighted by atomic mass is 10.1. The Kier molecular flexibility index (Phi) is 10.0. The van der Waals surface area contributed by atoms with E-state index in [4.69, 9.17) is 14.2 Å². The molecule has 2 heterocycles. The molecular weight excluding hydrogens is 674 g/mol. The van der Waals surface area contributed by atoms with Crippen LogP contribution < -0.4 is 24.8 Å². The van der Waals surface area contributed by atoms with E-state index in [0.29, 0.717) is 24.0 Å². The normalized spacial score (nSPS) is 23.7. The third kappa shape index (κ3) is 8.09. The largest absolute Gasteiger partial charge is 0.497 e. The molecule has 1 aromatic carbocycles. The van der Waals surface area contributed by atoms with Crippen molar-refractivity contribution in [2.45, 2.75) is 87.5 Å². The summed E-state index contributed by atoms with van der Waals surface area (Å²) in [4.78, 5) is 71.3. The molecule has 0 radical (unpaired) electrons. The minimum atomic E-state index is -3.95. The van der Waals surface area contributed by atoms with Crippen LogP contribution in [0.2, 0.25) is 0 Å². The molecule has 50 heavy (non-hydrogen) atoms. The van der Waals surface area contributed by atoms with Gasteiger partial charge in [0.15, 0.2) is 0 Å². The molecule has 3 fully saturated rings. The number of hydrogen-bond acceptors (Lipinski definition) is 11. The van der Waals surface area contributed by atoms with Gasteiger partial charge in [-0.2, -0.15) is 0 Å². The molecule has 5 atom stereocenters. The second-order valence-electron chi connectivity index (χ2n) is 13.7. The summed E-state index contributed by atoms with van der Waals surface area (Å²) in [5, 5.41) is 15.3. The number of nitrogens with one attached hydrogen (secondary N) is 3. The number of methoxy groups -OCH3 is 1. The number of amides is 4. The van der Waals surface area contributed by atoms with E-state index in [2.05, 4.69) is 26.9 Å². The van der Waals surface area contributed by atoms with E-state index in [1.165, 1.54) is 19.4 Å². The number of rotatable bonds is 13. The van der Waals surface area contributed by atoms with Crippen LogP contribution in [0.4, 0.5) is 4.79 Å². The van der Waals surface area contributed by atoms with Crippen LogP contribution >= 0.6 is 0 Å². The number of fused-ring (bicyclic) bond motifs is 1. The first-order valence-electron chi connectivity index (χ1n) is 16.1. The van der Waals surface area contributed by atoms with E-state index >= 15 is 0 Å². The van der Waals surface area contributed by atoms with Crippen molar-refractivity contribution in [3.8, 4) is 11.6 Å². The van der Waals surface area contributed by atoms with Crippen LogP contribution in [0.15, 0.2) is 43.1 Å². The van der Waals surface area contributed by atoms with Crippen LogP contribution in [-0.2, 0) is 33.9 Å². The zero-order valence-electron chi connectivity index (χ0n) is 28.1. The van der Waals surface area contributed by atoms with Crippen LogP contribution in [0.25, 0.3) is 10.8 Å². The van der Waals surface area contributed by atoms with E-state index in [1.807, 2.05) is 0 Å². The van der Waals surface area contributed by atoms with Gasteiger partial charge in [0.05, 0.1) is 25.3 Å². The Balaban J connectivity index is 1.43. The molecular formula is C33H41N5O11S. The molecule has 4 amide bonds. The summed E-state index contributed by atoms with van der Waals surface area (Å²) >= 11 is 0. The SMILES string of the molecule is C=CC1CC1(NC(=O)C1CC(Oc2nccc3cc(OC)ccc23)CN1C(=O)C(CC(=O)O)NC(=O)OC(C)(C)C)C(=O)NS(=O)(=O)C1CC1. The van der Waals surface area contributed by atoms with Gasteiger partial charge in [0.1, 0.15) is 35.1 Å². The first-order chi connectivity index (χ1) is 23.5. The number of benzene rings is 1. The fourth-order valence-electron chi connectivity index (χ4n) is 5.93. The lowest BCUT2D eigenvalue weighted by Gasteiger charge is -2.30. The Labute approximate surface area is 288 Å². The van der Waals surface area contributed by atoms with Crippen LogP contribution in [0.5, 0.6) is 11.6 Å². The standard InChI is InChI=1S/C33H41N5O11S/c1-6-19-16-33(19,30(43)37-50(45,46)22-8-9-22)36-27(41)25-14-21(48-28-23-10-7-20(47-5)13-18(23)11-12-34-28)17-38(25)29(42)24(15-26(39)40)35-31(44)49-32(2,3)4/h6-7,10-13,19,21-22,24-25H,1,8-9,14-17H2,2-5H3,(H,35,44)(H,36,41)(H,37,43)(H,39,40). The third-order valence-corrected chi connectivity index (χ3v) is 10.5. The molecule has 2 saturated carbocycles. The van der Waals surface area contributed by atoms with Crippen LogP contribution in [0.1, 0.15) is 52.9 Å². The fraction of sp³-hybridized carbons (Fsp3) is 0.515. The number of pyridine rings is 1. The molecule has 16 nitrogen and oxygen atoms in total. The Morgan fingerprint density at radius 2 is 1.90 bits per heavy atom. The van der Waals surface area contributed by atoms with Crippen LogP contribution in [0.3, 0.4) is 0 Å². The first kappa shape index (κ1) is 36.4. The highest BCUT2D eigenvalue weighted by Crippen LogP contribution is 2.45. The molecule has 0 spiro atoms. The highest BCUT2D eigenvalue weighted by molar-refractivity contribution is 7.91. The van der Waals surface area contributed by atoms with Gasteiger partial charge in [0, 0.05) is 23.9 Å². The molecule has 3 aliphatic rings. The number of likely N-dealkylation sites (tertiary alicyclic amines) is 1. The maximum Gasteiger partial charge on any atom is 0.408 e. The fourth-order valence-corrected chi connectivity index (χ4v) is 7.29. The van der Waals surface area contributed by atoms with Crippen molar-refractivity contribution in [1.29, 1.82) is 0 Å². The minimum Gasteiger partial charge on any atom is -0.497 e. The number of carbonyl (C=O) groups excluding carboxylic acids is 4. The van der Waals surface area contributed by atoms with E-state index in [0.717, 1.165) is 10.3 Å². The van der Waals surface area contributed by atoms with Crippen molar-refractivity contribution < 1.29 is 51.7 Å². The van der Waals surface area contributed by atoms with Gasteiger partial charge >= 0.3 is 12.1 Å². The summed E-state index contributed by atoms with van der Waals surface area (Å²) in [5.41, 5.74) is -2.60.